The maximum Gasteiger partial charge on any atom is 0.251 e. The fourth-order valence-electron chi connectivity index (χ4n) is 3.89. The first kappa shape index (κ1) is 18.4. The number of amides is 1. The van der Waals surface area contributed by atoms with E-state index in [0.29, 0.717) is 31.5 Å². The van der Waals surface area contributed by atoms with Gasteiger partial charge in [-0.05, 0) is 44.2 Å². The van der Waals surface area contributed by atoms with E-state index in [1.807, 2.05) is 30.0 Å². The number of nitrogens with zero attached hydrogens (tertiary/aromatic N) is 1. The molecule has 2 fully saturated rings. The number of benzene rings is 1. The van der Waals surface area contributed by atoms with Gasteiger partial charge in [-0.25, -0.2) is 0 Å². The van der Waals surface area contributed by atoms with Gasteiger partial charge in [0, 0.05) is 25.6 Å². The average molecular weight is 346 g/mol. The molecule has 2 heterocycles. The lowest BCUT2D eigenvalue weighted by Gasteiger charge is -2.26. The predicted molar refractivity (Wildman–Crippen MR) is 97.3 cm³/mol. The zero-order valence-corrected chi connectivity index (χ0v) is 15.1. The molecule has 4 atom stereocenters. The molecule has 2 saturated heterocycles. The topological polar surface area (TPSA) is 64.8 Å². The summed E-state index contributed by atoms with van der Waals surface area (Å²) in [6, 6.07) is 10.4. The quantitative estimate of drug-likeness (QED) is 0.857. The van der Waals surface area contributed by atoms with Crippen LogP contribution in [0.3, 0.4) is 0 Å². The molecule has 0 radical (unpaired) electrons. The fourth-order valence-corrected chi connectivity index (χ4v) is 3.89. The summed E-state index contributed by atoms with van der Waals surface area (Å²) in [4.78, 5) is 14.7. The van der Waals surface area contributed by atoms with Gasteiger partial charge in [-0.1, -0.05) is 30.3 Å². The first-order chi connectivity index (χ1) is 12.2. The second-order valence-corrected chi connectivity index (χ2v) is 7.22. The first-order valence-electron chi connectivity index (χ1n) is 9.46. The van der Waals surface area contributed by atoms with Crippen LogP contribution in [0.4, 0.5) is 0 Å². The van der Waals surface area contributed by atoms with Crippen molar-refractivity contribution in [3.05, 3.63) is 35.9 Å². The van der Waals surface area contributed by atoms with E-state index in [1.54, 1.807) is 0 Å². The number of carbonyl (C=O) groups excluding carboxylic acids is 1. The van der Waals surface area contributed by atoms with E-state index in [-0.39, 0.29) is 12.0 Å². The molecule has 2 N–H and O–H groups in total. The molecule has 3 rings (SSSR count). The Morgan fingerprint density at radius 1 is 1.32 bits per heavy atom. The highest BCUT2D eigenvalue weighted by Crippen LogP contribution is 2.32. The predicted octanol–water partition coefficient (Wildman–Crippen LogP) is 2.16. The number of ether oxygens (including phenoxy) is 2. The second-order valence-electron chi connectivity index (χ2n) is 7.22. The van der Waals surface area contributed by atoms with Crippen molar-refractivity contribution in [2.24, 2.45) is 11.7 Å². The van der Waals surface area contributed by atoms with Crippen molar-refractivity contribution < 1.29 is 14.3 Å². The molecule has 1 amide bonds. The molecule has 5 heteroatoms. The van der Waals surface area contributed by atoms with E-state index < -0.39 is 6.10 Å². The molecule has 0 aromatic heterocycles. The summed E-state index contributed by atoms with van der Waals surface area (Å²) in [6.07, 6.45) is 3.03. The van der Waals surface area contributed by atoms with Crippen molar-refractivity contribution in [3.8, 4) is 0 Å². The van der Waals surface area contributed by atoms with Crippen LogP contribution in [-0.4, -0.2) is 55.9 Å². The van der Waals surface area contributed by atoms with Crippen LogP contribution in [-0.2, 0) is 14.3 Å². The molecular formula is C20H30N2O3. The number of carbonyl (C=O) groups is 1. The van der Waals surface area contributed by atoms with E-state index in [2.05, 4.69) is 12.1 Å². The minimum atomic E-state index is -0.432. The molecule has 0 spiro atoms. The molecule has 2 unspecified atom stereocenters. The Morgan fingerprint density at radius 3 is 2.80 bits per heavy atom. The summed E-state index contributed by atoms with van der Waals surface area (Å²) < 4.78 is 11.5. The molecular weight excluding hydrogens is 316 g/mol. The van der Waals surface area contributed by atoms with Crippen molar-refractivity contribution in [2.75, 3.05) is 32.8 Å². The number of hydrogen-bond acceptors (Lipinski definition) is 4. The standard InChI is InChI=1S/C20H30N2O3/c1-15(25-14-18-9-5-6-10-24-18)20(23)22-12-17(11-21)19(13-22)16-7-3-2-4-8-16/h2-4,7-8,15,17-19H,5-6,9-14,21H2,1H3/t15?,17-,18?,19+/m1/s1. The van der Waals surface area contributed by atoms with Crippen LogP contribution < -0.4 is 5.73 Å². The van der Waals surface area contributed by atoms with Crippen molar-refractivity contribution in [3.63, 3.8) is 0 Å². The zero-order chi connectivity index (χ0) is 17.6. The number of hydrogen-bond donors (Lipinski definition) is 1. The van der Waals surface area contributed by atoms with Gasteiger partial charge in [0.05, 0.1) is 12.7 Å². The Bertz CT molecular complexity index is 545. The van der Waals surface area contributed by atoms with Crippen LogP contribution in [0.5, 0.6) is 0 Å². The van der Waals surface area contributed by atoms with Crippen LogP contribution in [0.25, 0.3) is 0 Å². The lowest BCUT2D eigenvalue weighted by molar-refractivity contribution is -0.145. The molecule has 5 nitrogen and oxygen atoms in total. The molecule has 1 aromatic rings. The summed E-state index contributed by atoms with van der Waals surface area (Å²) in [6.45, 7) is 5.18. The zero-order valence-electron chi connectivity index (χ0n) is 15.1. The molecule has 2 aliphatic heterocycles. The smallest absolute Gasteiger partial charge is 0.251 e. The van der Waals surface area contributed by atoms with E-state index >= 15 is 0 Å². The number of nitrogens with two attached hydrogens (primary N) is 1. The van der Waals surface area contributed by atoms with E-state index in [1.165, 1.54) is 12.0 Å². The SMILES string of the molecule is CC(OCC1CCCCO1)C(=O)N1C[C@@H](CN)[C@H](c2ccccc2)C1. The fraction of sp³-hybridized carbons (Fsp3) is 0.650. The summed E-state index contributed by atoms with van der Waals surface area (Å²) in [7, 11) is 0. The van der Waals surface area contributed by atoms with Gasteiger partial charge in [-0.15, -0.1) is 0 Å². The maximum absolute atomic E-state index is 12.8. The molecule has 0 aliphatic carbocycles. The van der Waals surface area contributed by atoms with E-state index in [4.69, 9.17) is 15.2 Å². The number of likely N-dealkylation sites (tertiary alicyclic amines) is 1. The lowest BCUT2D eigenvalue weighted by atomic mass is 9.89. The van der Waals surface area contributed by atoms with Gasteiger partial charge in [0.1, 0.15) is 6.10 Å². The highest BCUT2D eigenvalue weighted by atomic mass is 16.5. The monoisotopic (exact) mass is 346 g/mol. The molecule has 138 valence electrons. The van der Waals surface area contributed by atoms with E-state index in [9.17, 15) is 4.79 Å². The lowest BCUT2D eigenvalue weighted by Crippen LogP contribution is -2.39. The van der Waals surface area contributed by atoms with Crippen LogP contribution in [0, 0.1) is 5.92 Å². The molecule has 0 bridgehead atoms. The van der Waals surface area contributed by atoms with Crippen LogP contribution in [0.2, 0.25) is 0 Å². The van der Waals surface area contributed by atoms with Gasteiger partial charge >= 0.3 is 0 Å². The van der Waals surface area contributed by atoms with E-state index in [0.717, 1.165) is 26.0 Å². The summed E-state index contributed by atoms with van der Waals surface area (Å²) in [5.74, 6) is 0.678. The second kappa shape index (κ2) is 8.79. The van der Waals surface area contributed by atoms with Crippen LogP contribution in [0.1, 0.15) is 37.7 Å². The summed E-state index contributed by atoms with van der Waals surface area (Å²) in [5, 5.41) is 0. The Labute approximate surface area is 150 Å². The van der Waals surface area contributed by atoms with Gasteiger partial charge < -0.3 is 20.1 Å². The molecule has 0 saturated carbocycles. The Morgan fingerprint density at radius 2 is 2.12 bits per heavy atom. The van der Waals surface area contributed by atoms with Crippen molar-refractivity contribution in [1.82, 2.24) is 4.90 Å². The van der Waals surface area contributed by atoms with Gasteiger partial charge in [-0.2, -0.15) is 0 Å². The third-order valence-corrected chi connectivity index (χ3v) is 5.44. The molecule has 2 aliphatic rings. The Hall–Kier alpha value is -1.43. The Balaban J connectivity index is 1.54. The third-order valence-electron chi connectivity index (χ3n) is 5.44. The Kier molecular flexibility index (Phi) is 6.45. The molecule has 1 aromatic carbocycles. The van der Waals surface area contributed by atoms with Gasteiger partial charge in [-0.3, -0.25) is 4.79 Å². The van der Waals surface area contributed by atoms with Crippen LogP contribution in [0.15, 0.2) is 30.3 Å². The molecule has 25 heavy (non-hydrogen) atoms. The average Bonchev–Trinajstić information content (AvgIpc) is 3.11. The van der Waals surface area contributed by atoms with Gasteiger partial charge in [0.15, 0.2) is 0 Å². The summed E-state index contributed by atoms with van der Waals surface area (Å²) >= 11 is 0. The minimum Gasteiger partial charge on any atom is -0.376 e. The largest absolute Gasteiger partial charge is 0.376 e. The summed E-state index contributed by atoms with van der Waals surface area (Å²) in [5.41, 5.74) is 7.23. The first-order valence-corrected chi connectivity index (χ1v) is 9.46. The maximum atomic E-state index is 12.8. The van der Waals surface area contributed by atoms with Crippen molar-refractivity contribution >= 4 is 5.91 Å². The number of rotatable bonds is 6. The van der Waals surface area contributed by atoms with Crippen molar-refractivity contribution in [2.45, 2.75) is 44.3 Å². The van der Waals surface area contributed by atoms with Crippen molar-refractivity contribution in [1.29, 1.82) is 0 Å². The third kappa shape index (κ3) is 4.60. The van der Waals surface area contributed by atoms with Gasteiger partial charge in [0.25, 0.3) is 5.91 Å². The highest BCUT2D eigenvalue weighted by Gasteiger charge is 2.37. The van der Waals surface area contributed by atoms with Crippen LogP contribution >= 0.6 is 0 Å². The van der Waals surface area contributed by atoms with Gasteiger partial charge in [0.2, 0.25) is 0 Å². The normalized spacial score (nSPS) is 28.1. The minimum absolute atomic E-state index is 0.0627. The highest BCUT2D eigenvalue weighted by molar-refractivity contribution is 5.81.